The van der Waals surface area contributed by atoms with Crippen LogP contribution < -0.4 is 5.32 Å². The number of carbonyl (C=O) groups excluding carboxylic acids is 1. The summed E-state index contributed by atoms with van der Waals surface area (Å²) >= 11 is 0. The lowest BCUT2D eigenvalue weighted by molar-refractivity contribution is -0.152. The number of aliphatic carboxylic acids is 1. The van der Waals surface area contributed by atoms with Gasteiger partial charge in [0.15, 0.2) is 0 Å². The van der Waals surface area contributed by atoms with Gasteiger partial charge in [-0.25, -0.2) is 4.79 Å². The minimum atomic E-state index is -0.699. The fraction of sp³-hybridized carbons (Fsp3) is 0.867. The molecule has 0 aromatic carbocycles. The number of amides is 2. The molecule has 0 aromatic heterocycles. The van der Waals surface area contributed by atoms with Crippen molar-refractivity contribution in [2.24, 2.45) is 5.41 Å². The number of carboxylic acid groups (broad SMARTS) is 1. The summed E-state index contributed by atoms with van der Waals surface area (Å²) in [5, 5.41) is 12.8. The molecule has 0 saturated carbocycles. The lowest BCUT2D eigenvalue weighted by Crippen LogP contribution is -2.51. The van der Waals surface area contributed by atoms with Crippen molar-refractivity contribution >= 4 is 12.0 Å². The van der Waals surface area contributed by atoms with E-state index in [-0.39, 0.29) is 6.03 Å². The number of rotatable bonds is 3. The van der Waals surface area contributed by atoms with E-state index in [1.807, 2.05) is 16.7 Å². The highest BCUT2D eigenvalue weighted by Crippen LogP contribution is 2.36. The van der Waals surface area contributed by atoms with Crippen molar-refractivity contribution in [1.82, 2.24) is 15.1 Å². The number of nitrogens with zero attached hydrogens (tertiary/aromatic N) is 2. The van der Waals surface area contributed by atoms with Gasteiger partial charge in [0.1, 0.15) is 0 Å². The van der Waals surface area contributed by atoms with Crippen LogP contribution in [0.2, 0.25) is 0 Å². The Hall–Kier alpha value is -1.30. The van der Waals surface area contributed by atoms with Gasteiger partial charge in [-0.3, -0.25) is 4.79 Å². The fourth-order valence-corrected chi connectivity index (χ4v) is 3.41. The normalized spacial score (nSPS) is 22.7. The van der Waals surface area contributed by atoms with Crippen molar-refractivity contribution in [3.63, 3.8) is 0 Å². The number of carboxylic acids is 1. The maximum atomic E-state index is 12.5. The van der Waals surface area contributed by atoms with Crippen LogP contribution in [-0.4, -0.2) is 66.2 Å². The third-order valence-corrected chi connectivity index (χ3v) is 4.78. The van der Waals surface area contributed by atoms with Gasteiger partial charge in [0.25, 0.3) is 0 Å². The second-order valence-electron chi connectivity index (χ2n) is 6.20. The van der Waals surface area contributed by atoms with Gasteiger partial charge in [-0.1, -0.05) is 13.3 Å². The summed E-state index contributed by atoms with van der Waals surface area (Å²) in [6.07, 6.45) is 3.71. The van der Waals surface area contributed by atoms with Gasteiger partial charge in [0, 0.05) is 32.7 Å². The predicted molar refractivity (Wildman–Crippen MR) is 80.2 cm³/mol. The van der Waals surface area contributed by atoms with E-state index in [9.17, 15) is 14.7 Å². The first-order valence-electron chi connectivity index (χ1n) is 8.07. The van der Waals surface area contributed by atoms with Crippen LogP contribution in [0.25, 0.3) is 0 Å². The lowest BCUT2D eigenvalue weighted by atomic mass is 9.75. The SMILES string of the molecule is CCCC1(C(=O)O)CCN(C(=O)N2CCCNCC2)CC1. The zero-order valence-electron chi connectivity index (χ0n) is 12.9. The van der Waals surface area contributed by atoms with Crippen LogP contribution in [0.15, 0.2) is 0 Å². The highest BCUT2D eigenvalue weighted by molar-refractivity contribution is 5.77. The quantitative estimate of drug-likeness (QED) is 0.825. The van der Waals surface area contributed by atoms with Gasteiger partial charge < -0.3 is 20.2 Å². The van der Waals surface area contributed by atoms with E-state index in [2.05, 4.69) is 5.32 Å². The smallest absolute Gasteiger partial charge is 0.320 e. The van der Waals surface area contributed by atoms with Crippen molar-refractivity contribution in [3.8, 4) is 0 Å². The average Bonchev–Trinajstić information content (AvgIpc) is 2.76. The second-order valence-corrected chi connectivity index (χ2v) is 6.20. The molecule has 120 valence electrons. The molecule has 2 saturated heterocycles. The topological polar surface area (TPSA) is 72.9 Å². The molecule has 2 aliphatic rings. The van der Waals surface area contributed by atoms with Crippen LogP contribution >= 0.6 is 0 Å². The Kier molecular flexibility index (Phi) is 5.45. The largest absolute Gasteiger partial charge is 0.481 e. The Morgan fingerprint density at radius 3 is 2.38 bits per heavy atom. The van der Waals surface area contributed by atoms with E-state index < -0.39 is 11.4 Å². The van der Waals surface area contributed by atoms with Gasteiger partial charge in [0.2, 0.25) is 0 Å². The Morgan fingerprint density at radius 2 is 1.76 bits per heavy atom. The molecule has 0 unspecified atom stereocenters. The van der Waals surface area contributed by atoms with Gasteiger partial charge in [-0.05, 0) is 32.2 Å². The summed E-state index contributed by atoms with van der Waals surface area (Å²) in [6, 6.07) is 0.0780. The van der Waals surface area contributed by atoms with Crippen LogP contribution in [0.1, 0.15) is 39.0 Å². The van der Waals surface area contributed by atoms with Crippen LogP contribution in [0.4, 0.5) is 4.79 Å². The Morgan fingerprint density at radius 1 is 1.10 bits per heavy atom. The van der Waals surface area contributed by atoms with Crippen molar-refractivity contribution in [2.75, 3.05) is 39.3 Å². The van der Waals surface area contributed by atoms with E-state index in [0.29, 0.717) is 32.4 Å². The molecule has 0 atom stereocenters. The maximum absolute atomic E-state index is 12.5. The van der Waals surface area contributed by atoms with Crippen molar-refractivity contribution < 1.29 is 14.7 Å². The molecular formula is C15H27N3O3. The van der Waals surface area contributed by atoms with E-state index in [4.69, 9.17) is 0 Å². The number of nitrogens with one attached hydrogen (secondary N) is 1. The molecule has 2 N–H and O–H groups in total. The Labute approximate surface area is 126 Å². The number of urea groups is 1. The third kappa shape index (κ3) is 3.67. The fourth-order valence-electron chi connectivity index (χ4n) is 3.41. The van der Waals surface area contributed by atoms with Crippen LogP contribution in [0, 0.1) is 5.41 Å². The first kappa shape index (κ1) is 16.1. The number of carbonyl (C=O) groups is 2. The molecule has 0 aliphatic carbocycles. The van der Waals surface area contributed by atoms with Gasteiger partial charge in [-0.15, -0.1) is 0 Å². The molecular weight excluding hydrogens is 270 g/mol. The molecule has 2 heterocycles. The summed E-state index contributed by atoms with van der Waals surface area (Å²) in [7, 11) is 0. The second kappa shape index (κ2) is 7.11. The molecule has 0 radical (unpaired) electrons. The summed E-state index contributed by atoms with van der Waals surface area (Å²) < 4.78 is 0. The lowest BCUT2D eigenvalue weighted by Gasteiger charge is -2.40. The van der Waals surface area contributed by atoms with Crippen molar-refractivity contribution in [2.45, 2.75) is 39.0 Å². The van der Waals surface area contributed by atoms with Gasteiger partial charge in [0.05, 0.1) is 5.41 Å². The predicted octanol–water partition coefficient (Wildman–Crippen LogP) is 1.37. The summed E-state index contributed by atoms with van der Waals surface area (Å²) in [5.74, 6) is -0.699. The molecule has 2 rings (SSSR count). The van der Waals surface area contributed by atoms with Gasteiger partial charge >= 0.3 is 12.0 Å². The van der Waals surface area contributed by atoms with Gasteiger partial charge in [-0.2, -0.15) is 0 Å². The van der Waals surface area contributed by atoms with Crippen molar-refractivity contribution in [3.05, 3.63) is 0 Å². The highest BCUT2D eigenvalue weighted by Gasteiger charge is 2.42. The number of likely N-dealkylation sites (tertiary alicyclic amines) is 1. The molecule has 6 nitrogen and oxygen atoms in total. The summed E-state index contributed by atoms with van der Waals surface area (Å²) in [5.41, 5.74) is -0.619. The first-order chi connectivity index (χ1) is 10.1. The number of piperidine rings is 1. The monoisotopic (exact) mass is 297 g/mol. The van der Waals surface area contributed by atoms with E-state index >= 15 is 0 Å². The Balaban J connectivity index is 1.93. The zero-order chi connectivity index (χ0) is 15.3. The van der Waals surface area contributed by atoms with E-state index in [0.717, 1.165) is 39.0 Å². The standard InChI is InChI=1S/C15H27N3O3/c1-2-4-15(13(19)20)5-10-18(11-6-15)14(21)17-9-3-7-16-8-12-17/h16H,2-12H2,1H3,(H,19,20). The minimum absolute atomic E-state index is 0.0780. The highest BCUT2D eigenvalue weighted by atomic mass is 16.4. The summed E-state index contributed by atoms with van der Waals surface area (Å²) in [6.45, 7) is 6.49. The first-order valence-corrected chi connectivity index (χ1v) is 8.07. The molecule has 0 bridgehead atoms. The van der Waals surface area contributed by atoms with Crippen molar-refractivity contribution in [1.29, 1.82) is 0 Å². The molecule has 2 aliphatic heterocycles. The number of hydrogen-bond acceptors (Lipinski definition) is 3. The van der Waals surface area contributed by atoms with Crippen LogP contribution in [-0.2, 0) is 4.79 Å². The van der Waals surface area contributed by atoms with Crippen LogP contribution in [0.3, 0.4) is 0 Å². The minimum Gasteiger partial charge on any atom is -0.481 e. The molecule has 2 amide bonds. The summed E-state index contributed by atoms with van der Waals surface area (Å²) in [4.78, 5) is 27.8. The Bertz CT molecular complexity index is 370. The zero-order valence-corrected chi connectivity index (χ0v) is 12.9. The molecule has 2 fully saturated rings. The molecule has 0 spiro atoms. The van der Waals surface area contributed by atoms with Crippen LogP contribution in [0.5, 0.6) is 0 Å². The molecule has 0 aromatic rings. The number of hydrogen-bond donors (Lipinski definition) is 2. The molecule has 21 heavy (non-hydrogen) atoms. The maximum Gasteiger partial charge on any atom is 0.320 e. The van der Waals surface area contributed by atoms with E-state index in [1.165, 1.54) is 0 Å². The average molecular weight is 297 g/mol. The third-order valence-electron chi connectivity index (χ3n) is 4.78. The molecule has 6 heteroatoms. The van der Waals surface area contributed by atoms with E-state index in [1.54, 1.807) is 0 Å².